The van der Waals surface area contributed by atoms with Gasteiger partial charge in [0.1, 0.15) is 17.2 Å². The van der Waals surface area contributed by atoms with Gasteiger partial charge in [0.25, 0.3) is 0 Å². The number of thiophene rings is 2. The normalized spacial score (nSPS) is 12.7. The van der Waals surface area contributed by atoms with Gasteiger partial charge in [-0.05, 0) is 48.9 Å². The second-order valence-electron chi connectivity index (χ2n) is 7.24. The number of ether oxygens (including phenoxy) is 1. The summed E-state index contributed by atoms with van der Waals surface area (Å²) < 4.78 is 8.39. The highest BCUT2D eigenvalue weighted by Gasteiger charge is 2.25. The summed E-state index contributed by atoms with van der Waals surface area (Å²) in [5.74, 6) is -0.446. The Morgan fingerprint density at radius 1 is 0.833 bits per heavy atom. The van der Waals surface area contributed by atoms with E-state index in [1.807, 2.05) is 11.3 Å². The highest BCUT2D eigenvalue weighted by Crippen LogP contribution is 2.35. The first-order valence-electron chi connectivity index (χ1n) is 10.3. The van der Waals surface area contributed by atoms with E-state index in [9.17, 15) is 19.8 Å². The molecule has 0 amide bonds. The molecule has 0 saturated carbocycles. The second kappa shape index (κ2) is 10.3. The average molecular weight is 427 g/mol. The lowest BCUT2D eigenvalue weighted by molar-refractivity contribution is 0.0989. The van der Waals surface area contributed by atoms with Gasteiger partial charge in [0.05, 0.1) is 22.4 Å². The zero-order valence-corrected chi connectivity index (χ0v) is 17.8. The van der Waals surface area contributed by atoms with Gasteiger partial charge in [-0.1, -0.05) is 39.0 Å². The van der Waals surface area contributed by atoms with Gasteiger partial charge in [0, 0.05) is 4.70 Å². The van der Waals surface area contributed by atoms with Crippen LogP contribution < -0.4 is 4.74 Å². The zero-order valence-electron chi connectivity index (χ0n) is 17.0. The summed E-state index contributed by atoms with van der Waals surface area (Å²) in [7, 11) is 0. The van der Waals surface area contributed by atoms with Gasteiger partial charge < -0.3 is 14.9 Å². The SMILES string of the molecule is CCCCCCCCOc1cc2ccc1s2.O=C1C=CC(=O)c2c(O)ccc(O)c21. The number of hydrogen-bond donors (Lipinski definition) is 2. The van der Waals surface area contributed by atoms with Crippen LogP contribution in [0.5, 0.6) is 17.2 Å². The Morgan fingerprint density at radius 3 is 1.97 bits per heavy atom. The molecule has 0 atom stereocenters. The first-order chi connectivity index (χ1) is 14.5. The van der Waals surface area contributed by atoms with E-state index in [-0.39, 0.29) is 22.6 Å². The summed E-state index contributed by atoms with van der Waals surface area (Å²) in [6, 6.07) is 8.81. The van der Waals surface area contributed by atoms with Crippen LogP contribution in [-0.2, 0) is 0 Å². The summed E-state index contributed by atoms with van der Waals surface area (Å²) in [6.45, 7) is 3.13. The highest BCUT2D eigenvalue weighted by atomic mass is 32.1. The summed E-state index contributed by atoms with van der Waals surface area (Å²) in [5, 5.41) is 18.7. The average Bonchev–Trinajstić information content (AvgIpc) is 3.36. The minimum atomic E-state index is -0.479. The minimum absolute atomic E-state index is 0.127. The maximum absolute atomic E-state index is 11.3. The van der Waals surface area contributed by atoms with E-state index in [1.165, 1.54) is 60.1 Å². The van der Waals surface area contributed by atoms with Gasteiger partial charge in [-0.2, -0.15) is 0 Å². The molecule has 4 rings (SSSR count). The van der Waals surface area contributed by atoms with Crippen LogP contribution in [0.2, 0.25) is 0 Å². The number of carbonyl (C=O) groups is 2. The fourth-order valence-electron chi connectivity index (χ4n) is 3.34. The van der Waals surface area contributed by atoms with Gasteiger partial charge in [0.2, 0.25) is 0 Å². The van der Waals surface area contributed by atoms with Crippen LogP contribution in [0, 0.1) is 0 Å². The van der Waals surface area contributed by atoms with Crippen molar-refractivity contribution < 1.29 is 24.5 Å². The maximum atomic E-state index is 11.3. The Kier molecular flexibility index (Phi) is 7.46. The monoisotopic (exact) mass is 426 g/mol. The quantitative estimate of drug-likeness (QED) is 0.335. The third-order valence-electron chi connectivity index (χ3n) is 4.94. The topological polar surface area (TPSA) is 83.8 Å². The molecule has 0 unspecified atom stereocenters. The van der Waals surface area contributed by atoms with Gasteiger partial charge in [0.15, 0.2) is 11.6 Å². The Balaban J connectivity index is 0.000000172. The Morgan fingerprint density at radius 2 is 1.43 bits per heavy atom. The van der Waals surface area contributed by atoms with Crippen molar-refractivity contribution in [2.45, 2.75) is 45.4 Å². The molecule has 1 aliphatic carbocycles. The third-order valence-corrected chi connectivity index (χ3v) is 5.99. The first-order valence-corrected chi connectivity index (χ1v) is 11.1. The molecule has 0 aliphatic heterocycles. The van der Waals surface area contributed by atoms with Gasteiger partial charge in [-0.25, -0.2) is 0 Å². The van der Waals surface area contributed by atoms with E-state index < -0.39 is 11.6 Å². The van der Waals surface area contributed by atoms with E-state index >= 15 is 0 Å². The van der Waals surface area contributed by atoms with Gasteiger partial charge in [-0.15, -0.1) is 11.3 Å². The summed E-state index contributed by atoms with van der Waals surface area (Å²) in [4.78, 5) is 22.6. The summed E-state index contributed by atoms with van der Waals surface area (Å²) >= 11 is 1.82. The van der Waals surface area contributed by atoms with Crippen LogP contribution >= 0.6 is 11.3 Å². The van der Waals surface area contributed by atoms with Crippen molar-refractivity contribution in [1.82, 2.24) is 0 Å². The number of hydrogen-bond acceptors (Lipinski definition) is 6. The van der Waals surface area contributed by atoms with Crippen molar-refractivity contribution in [3.05, 3.63) is 53.6 Å². The highest BCUT2D eigenvalue weighted by molar-refractivity contribution is 7.24. The lowest BCUT2D eigenvalue weighted by Gasteiger charge is -2.11. The molecule has 3 aromatic rings. The minimum Gasteiger partial charge on any atom is -0.507 e. The molecule has 0 fully saturated rings. The number of fused-ring (bicyclic) bond motifs is 3. The Bertz CT molecular complexity index is 991. The van der Waals surface area contributed by atoms with Crippen molar-refractivity contribution in [3.8, 4) is 17.2 Å². The van der Waals surface area contributed by atoms with Crippen molar-refractivity contribution in [3.63, 3.8) is 0 Å². The predicted molar refractivity (Wildman–Crippen MR) is 119 cm³/mol. The standard InChI is InChI=1S/C14H20OS.C10H6O4/c1-2-3-4-5-6-7-10-15-13-11-12-8-9-14(13)16-12;11-5-1-2-6(12)10-8(14)4-3-7(13)9(5)10/h8-9,11H,2-7,10H2,1H3;1-4,11-12H. The fraction of sp³-hybridized carbons (Fsp3) is 0.333. The van der Waals surface area contributed by atoms with E-state index in [2.05, 4.69) is 25.1 Å². The number of aromatic hydroxyl groups is 2. The molecular formula is C24H26O5S. The Labute approximate surface area is 180 Å². The maximum Gasteiger partial charge on any atom is 0.190 e. The molecular weight excluding hydrogens is 400 g/mol. The molecule has 2 bridgehead atoms. The molecule has 5 nitrogen and oxygen atoms in total. The van der Waals surface area contributed by atoms with Crippen molar-refractivity contribution in [2.75, 3.05) is 6.61 Å². The molecule has 2 aromatic heterocycles. The number of ketones is 2. The lowest BCUT2D eigenvalue weighted by Crippen LogP contribution is -2.11. The van der Waals surface area contributed by atoms with Crippen LogP contribution in [-0.4, -0.2) is 28.4 Å². The number of rotatable bonds is 8. The number of phenolic OH excluding ortho intramolecular Hbond substituents is 2. The van der Waals surface area contributed by atoms with Crippen LogP contribution in [0.25, 0.3) is 9.40 Å². The smallest absolute Gasteiger partial charge is 0.190 e. The fourth-order valence-corrected chi connectivity index (χ4v) is 4.25. The molecule has 6 heteroatoms. The molecule has 30 heavy (non-hydrogen) atoms. The third kappa shape index (κ3) is 5.19. The Hall–Kier alpha value is -2.86. The van der Waals surface area contributed by atoms with E-state index in [0.29, 0.717) is 0 Å². The molecule has 158 valence electrons. The van der Waals surface area contributed by atoms with Crippen molar-refractivity contribution >= 4 is 32.3 Å². The summed E-state index contributed by atoms with van der Waals surface area (Å²) in [6.07, 6.45) is 10.1. The molecule has 0 saturated heterocycles. The van der Waals surface area contributed by atoms with Crippen molar-refractivity contribution in [1.29, 1.82) is 0 Å². The van der Waals surface area contributed by atoms with Crippen LogP contribution in [0.3, 0.4) is 0 Å². The predicted octanol–water partition coefficient (Wildman–Crippen LogP) is 6.11. The number of phenols is 2. The number of carbonyl (C=O) groups excluding carboxylic acids is 2. The molecule has 2 heterocycles. The number of allylic oxidation sites excluding steroid dienone is 2. The summed E-state index contributed by atoms with van der Waals surface area (Å²) in [5.41, 5.74) is -0.255. The van der Waals surface area contributed by atoms with Gasteiger partial charge >= 0.3 is 0 Å². The second-order valence-corrected chi connectivity index (χ2v) is 8.36. The molecule has 0 spiro atoms. The van der Waals surface area contributed by atoms with Gasteiger partial charge in [-0.3, -0.25) is 9.59 Å². The number of unbranched alkanes of at least 4 members (excludes halogenated alkanes) is 5. The molecule has 1 aromatic carbocycles. The number of benzene rings is 2. The molecule has 0 radical (unpaired) electrons. The molecule has 2 N–H and O–H groups in total. The van der Waals surface area contributed by atoms with Crippen molar-refractivity contribution in [2.24, 2.45) is 0 Å². The first kappa shape index (κ1) is 21.8. The zero-order chi connectivity index (χ0) is 21.5. The van der Waals surface area contributed by atoms with E-state index in [1.54, 1.807) is 0 Å². The van der Waals surface area contributed by atoms with Crippen LogP contribution in [0.4, 0.5) is 0 Å². The van der Waals surface area contributed by atoms with E-state index in [4.69, 9.17) is 4.74 Å². The van der Waals surface area contributed by atoms with Crippen LogP contribution in [0.15, 0.2) is 42.5 Å². The lowest BCUT2D eigenvalue weighted by atomic mass is 9.93. The van der Waals surface area contributed by atoms with Crippen LogP contribution in [0.1, 0.15) is 66.2 Å². The largest absolute Gasteiger partial charge is 0.507 e. The van der Waals surface area contributed by atoms with E-state index in [0.717, 1.165) is 24.5 Å². The molecule has 1 aliphatic rings.